The molecule has 2 unspecified atom stereocenters. The third-order valence-electron chi connectivity index (χ3n) is 5.21. The molecule has 2 heterocycles. The van der Waals surface area contributed by atoms with Gasteiger partial charge in [-0.05, 0) is 37.1 Å². The molecule has 2 atom stereocenters. The van der Waals surface area contributed by atoms with Gasteiger partial charge in [-0.2, -0.15) is 0 Å². The third kappa shape index (κ3) is 7.41. The number of halogens is 2. The average molecular weight is 487 g/mol. The van der Waals surface area contributed by atoms with Crippen LogP contribution in [0.3, 0.4) is 0 Å². The van der Waals surface area contributed by atoms with Crippen LogP contribution in [-0.4, -0.2) is 30.2 Å². The van der Waals surface area contributed by atoms with E-state index in [0.29, 0.717) is 6.54 Å². The third-order valence-corrected chi connectivity index (χ3v) is 5.21. The predicted octanol–water partition coefficient (Wildman–Crippen LogP) is 4.23. The monoisotopic (exact) mass is 486 g/mol. The van der Waals surface area contributed by atoms with E-state index >= 15 is 0 Å². The van der Waals surface area contributed by atoms with E-state index in [2.05, 4.69) is 24.5 Å². The molecule has 8 nitrogen and oxygen atoms in total. The lowest BCUT2D eigenvalue weighted by Crippen LogP contribution is -2.27. The summed E-state index contributed by atoms with van der Waals surface area (Å²) in [5, 5.41) is 17.2. The Morgan fingerprint density at radius 1 is 0.938 bits per heavy atom. The van der Waals surface area contributed by atoms with E-state index in [0.717, 1.165) is 60.8 Å². The van der Waals surface area contributed by atoms with Crippen LogP contribution in [0.25, 0.3) is 0 Å². The van der Waals surface area contributed by atoms with Crippen molar-refractivity contribution in [3.8, 4) is 11.5 Å². The van der Waals surface area contributed by atoms with Gasteiger partial charge in [0.2, 0.25) is 0 Å². The van der Waals surface area contributed by atoms with Gasteiger partial charge in [0.1, 0.15) is 23.7 Å². The van der Waals surface area contributed by atoms with E-state index in [-0.39, 0.29) is 47.6 Å². The first-order valence-electron chi connectivity index (χ1n) is 10.4. The number of fused-ring (bicyclic) bond motifs is 2. The average Bonchev–Trinajstić information content (AvgIpc) is 3.08. The second-order valence-electron chi connectivity index (χ2n) is 7.47. The standard InChI is InChI=1S/C11H14N2O3.C11H16N2O.2ClH/c1-2-10-7-12-6-8-5-9(13(14)15)3-4-11(8)16-10;1-2-10-7-13-6-8-5-9(12)3-4-11(8)14-10;;/h3-5,10,12H,2,6-7H2,1H3;3-5,10,13H,2,6-7,12H2,1H3;2*1H. The molecule has 0 spiro atoms. The number of nitro groups is 1. The maximum absolute atomic E-state index is 10.6. The van der Waals surface area contributed by atoms with Crippen molar-refractivity contribution in [2.75, 3.05) is 18.8 Å². The number of anilines is 1. The summed E-state index contributed by atoms with van der Waals surface area (Å²) in [5.74, 6) is 1.72. The summed E-state index contributed by atoms with van der Waals surface area (Å²) in [4.78, 5) is 10.3. The van der Waals surface area contributed by atoms with Crippen LogP contribution in [0, 0.1) is 10.1 Å². The number of nitro benzene ring substituents is 1. The number of hydrogen-bond acceptors (Lipinski definition) is 7. The van der Waals surface area contributed by atoms with E-state index in [4.69, 9.17) is 15.2 Å². The molecule has 10 heteroatoms. The predicted molar refractivity (Wildman–Crippen MR) is 131 cm³/mol. The topological polar surface area (TPSA) is 112 Å². The second-order valence-corrected chi connectivity index (χ2v) is 7.47. The van der Waals surface area contributed by atoms with Gasteiger partial charge >= 0.3 is 0 Å². The molecule has 2 aromatic carbocycles. The summed E-state index contributed by atoms with van der Waals surface area (Å²) >= 11 is 0. The van der Waals surface area contributed by atoms with Crippen LogP contribution < -0.4 is 25.8 Å². The minimum Gasteiger partial charge on any atom is -0.489 e. The van der Waals surface area contributed by atoms with Crippen LogP contribution in [-0.2, 0) is 13.1 Å². The number of nitrogens with one attached hydrogen (secondary N) is 2. The fraction of sp³-hybridized carbons (Fsp3) is 0.455. The minimum absolute atomic E-state index is 0. The van der Waals surface area contributed by atoms with E-state index in [9.17, 15) is 10.1 Å². The molecule has 0 amide bonds. The number of nitrogen functional groups attached to an aromatic ring is 1. The molecule has 0 aliphatic carbocycles. The Hall–Kier alpha value is -2.26. The quantitative estimate of drug-likeness (QED) is 0.338. The highest BCUT2D eigenvalue weighted by atomic mass is 35.5. The summed E-state index contributed by atoms with van der Waals surface area (Å²) in [5.41, 5.74) is 8.63. The first kappa shape index (κ1) is 27.8. The molecule has 32 heavy (non-hydrogen) atoms. The molecule has 0 aromatic heterocycles. The van der Waals surface area contributed by atoms with E-state index in [1.54, 1.807) is 12.1 Å². The number of ether oxygens (including phenoxy) is 2. The molecule has 2 aliphatic heterocycles. The number of nitrogens with two attached hydrogens (primary N) is 1. The molecule has 178 valence electrons. The van der Waals surface area contributed by atoms with Crippen molar-refractivity contribution in [3.05, 3.63) is 57.6 Å². The number of nitrogens with zero attached hydrogens (tertiary/aromatic N) is 1. The Bertz CT molecular complexity index is 885. The zero-order valence-electron chi connectivity index (χ0n) is 18.3. The lowest BCUT2D eigenvalue weighted by Gasteiger charge is -2.14. The Labute approximate surface area is 201 Å². The molecule has 0 saturated carbocycles. The molecule has 2 aromatic rings. The van der Waals surface area contributed by atoms with Gasteiger partial charge in [-0.1, -0.05) is 13.8 Å². The maximum atomic E-state index is 10.6. The Kier molecular flexibility index (Phi) is 11.6. The SMILES string of the molecule is CCC1CNCc2cc(N)ccc2O1.CCC1CNCc2cc([N+](=O)[O-])ccc2O1.Cl.Cl. The summed E-state index contributed by atoms with van der Waals surface area (Å²) in [6.45, 7) is 7.34. The lowest BCUT2D eigenvalue weighted by molar-refractivity contribution is -0.384. The van der Waals surface area contributed by atoms with Crippen LogP contribution in [0.2, 0.25) is 0 Å². The molecular formula is C22H32Cl2N4O4. The van der Waals surface area contributed by atoms with Gasteiger partial charge in [0.15, 0.2) is 0 Å². The zero-order chi connectivity index (χ0) is 21.5. The minimum atomic E-state index is -0.386. The smallest absolute Gasteiger partial charge is 0.270 e. The largest absolute Gasteiger partial charge is 0.489 e. The Morgan fingerprint density at radius 2 is 1.44 bits per heavy atom. The van der Waals surface area contributed by atoms with Crippen molar-refractivity contribution in [3.63, 3.8) is 0 Å². The molecule has 0 fully saturated rings. The Morgan fingerprint density at radius 3 is 1.94 bits per heavy atom. The first-order chi connectivity index (χ1) is 14.5. The van der Waals surface area contributed by atoms with E-state index in [1.807, 2.05) is 18.2 Å². The van der Waals surface area contributed by atoms with Gasteiger partial charge in [0.05, 0.1) is 4.92 Å². The van der Waals surface area contributed by atoms with E-state index < -0.39 is 0 Å². The summed E-state index contributed by atoms with van der Waals surface area (Å²) in [7, 11) is 0. The van der Waals surface area contributed by atoms with Crippen molar-refractivity contribution in [1.29, 1.82) is 0 Å². The molecule has 4 rings (SSSR count). The van der Waals surface area contributed by atoms with Gasteiger partial charge in [-0.25, -0.2) is 0 Å². The van der Waals surface area contributed by atoms with E-state index in [1.165, 1.54) is 6.07 Å². The molecule has 4 N–H and O–H groups in total. The molecular weight excluding hydrogens is 455 g/mol. The molecule has 2 aliphatic rings. The molecule has 0 saturated heterocycles. The van der Waals surface area contributed by atoms with Crippen LogP contribution in [0.1, 0.15) is 37.8 Å². The summed E-state index contributed by atoms with van der Waals surface area (Å²) in [6.07, 6.45) is 2.36. The van der Waals surface area contributed by atoms with Crippen molar-refractivity contribution in [2.45, 2.75) is 52.0 Å². The molecule has 0 bridgehead atoms. The summed E-state index contributed by atoms with van der Waals surface area (Å²) in [6, 6.07) is 10.6. The van der Waals surface area contributed by atoms with Crippen molar-refractivity contribution < 1.29 is 14.4 Å². The van der Waals surface area contributed by atoms with Crippen LogP contribution >= 0.6 is 24.8 Å². The van der Waals surface area contributed by atoms with Gasteiger partial charge < -0.3 is 25.8 Å². The lowest BCUT2D eigenvalue weighted by atomic mass is 10.2. The second kappa shape index (κ2) is 13.3. The first-order valence-corrected chi connectivity index (χ1v) is 10.4. The Balaban J connectivity index is 0.000000303. The zero-order valence-corrected chi connectivity index (χ0v) is 20.0. The highest BCUT2D eigenvalue weighted by Crippen LogP contribution is 2.27. The maximum Gasteiger partial charge on any atom is 0.270 e. The number of rotatable bonds is 3. The van der Waals surface area contributed by atoms with Crippen LogP contribution in [0.5, 0.6) is 11.5 Å². The number of non-ortho nitro benzene ring substituents is 1. The van der Waals surface area contributed by atoms with Crippen LogP contribution in [0.15, 0.2) is 36.4 Å². The van der Waals surface area contributed by atoms with Gasteiger partial charge in [0.25, 0.3) is 5.69 Å². The highest BCUT2D eigenvalue weighted by molar-refractivity contribution is 5.85. The van der Waals surface area contributed by atoms with Gasteiger partial charge in [-0.15, -0.1) is 24.8 Å². The number of benzene rings is 2. The van der Waals surface area contributed by atoms with Crippen molar-refractivity contribution >= 4 is 36.2 Å². The van der Waals surface area contributed by atoms with Crippen molar-refractivity contribution in [1.82, 2.24) is 10.6 Å². The molecule has 0 radical (unpaired) electrons. The van der Waals surface area contributed by atoms with Crippen molar-refractivity contribution in [2.24, 2.45) is 0 Å². The fourth-order valence-corrected chi connectivity index (χ4v) is 3.42. The number of hydrogen-bond donors (Lipinski definition) is 3. The van der Waals surface area contributed by atoms with Gasteiger partial charge in [-0.3, -0.25) is 10.1 Å². The summed E-state index contributed by atoms with van der Waals surface area (Å²) < 4.78 is 11.6. The highest BCUT2D eigenvalue weighted by Gasteiger charge is 2.18. The normalized spacial score (nSPS) is 18.8. The van der Waals surface area contributed by atoms with Gasteiger partial charge in [0, 0.05) is 55.1 Å². The fourth-order valence-electron chi connectivity index (χ4n) is 3.42. The van der Waals surface area contributed by atoms with Crippen LogP contribution in [0.4, 0.5) is 11.4 Å².